The molecule has 20 heavy (non-hydrogen) atoms. The van der Waals surface area contributed by atoms with Gasteiger partial charge in [-0.05, 0) is 36.2 Å². The highest BCUT2D eigenvalue weighted by Crippen LogP contribution is 2.16. The molecule has 2 nitrogen and oxygen atoms in total. The van der Waals surface area contributed by atoms with Crippen molar-refractivity contribution in [1.29, 1.82) is 5.26 Å². The van der Waals surface area contributed by atoms with Crippen LogP contribution < -0.4 is 4.74 Å². The van der Waals surface area contributed by atoms with Gasteiger partial charge >= 0.3 is 0 Å². The Kier molecular flexibility index (Phi) is 4.67. The molecule has 0 aromatic heterocycles. The van der Waals surface area contributed by atoms with E-state index in [2.05, 4.69) is 0 Å². The molecule has 0 saturated heterocycles. The molecule has 0 radical (unpaired) electrons. The molecule has 0 saturated carbocycles. The zero-order chi connectivity index (χ0) is 14.4. The Bertz CT molecular complexity index is 605. The maximum absolute atomic E-state index is 13.0. The van der Waals surface area contributed by atoms with E-state index < -0.39 is 11.9 Å². The van der Waals surface area contributed by atoms with Gasteiger partial charge in [0.25, 0.3) is 0 Å². The van der Waals surface area contributed by atoms with Gasteiger partial charge in [0.05, 0.1) is 0 Å². The standard InChI is InChI=1S/C16H13F2NO/c17-13-7-4-12(5-8-13)6-9-16(11-19)20-15-3-1-2-14(18)10-15/h1-5,7-8,10,16H,6,9H2. The molecule has 4 heteroatoms. The van der Waals surface area contributed by atoms with Crippen molar-refractivity contribution in [2.75, 3.05) is 0 Å². The van der Waals surface area contributed by atoms with Crippen LogP contribution in [0.5, 0.6) is 5.75 Å². The first-order chi connectivity index (χ1) is 9.67. The summed E-state index contributed by atoms with van der Waals surface area (Å²) >= 11 is 0. The van der Waals surface area contributed by atoms with Crippen molar-refractivity contribution >= 4 is 0 Å². The summed E-state index contributed by atoms with van der Waals surface area (Å²) in [6.07, 6.45) is 0.383. The predicted molar refractivity (Wildman–Crippen MR) is 71.2 cm³/mol. The van der Waals surface area contributed by atoms with Gasteiger partial charge in [-0.15, -0.1) is 0 Å². The first kappa shape index (κ1) is 14.0. The third-order valence-corrected chi connectivity index (χ3v) is 2.83. The van der Waals surface area contributed by atoms with Gasteiger partial charge < -0.3 is 4.74 Å². The average Bonchev–Trinajstić information content (AvgIpc) is 2.45. The van der Waals surface area contributed by atoms with E-state index in [0.717, 1.165) is 5.56 Å². The van der Waals surface area contributed by atoms with Gasteiger partial charge in [0.1, 0.15) is 23.5 Å². The Labute approximate surface area is 116 Å². The highest BCUT2D eigenvalue weighted by atomic mass is 19.1. The quantitative estimate of drug-likeness (QED) is 0.828. The maximum Gasteiger partial charge on any atom is 0.184 e. The van der Waals surface area contributed by atoms with E-state index in [0.29, 0.717) is 18.6 Å². The maximum atomic E-state index is 13.0. The summed E-state index contributed by atoms with van der Waals surface area (Å²) in [5.74, 6) is -0.366. The second-order valence-corrected chi connectivity index (χ2v) is 4.36. The number of rotatable bonds is 5. The zero-order valence-electron chi connectivity index (χ0n) is 10.7. The van der Waals surface area contributed by atoms with Gasteiger partial charge in [0.2, 0.25) is 0 Å². The Balaban J connectivity index is 1.93. The van der Waals surface area contributed by atoms with E-state index in [9.17, 15) is 8.78 Å². The Morgan fingerprint density at radius 1 is 1.05 bits per heavy atom. The minimum Gasteiger partial charge on any atom is -0.475 e. The second kappa shape index (κ2) is 6.67. The Hall–Kier alpha value is -2.41. The molecule has 0 aliphatic carbocycles. The van der Waals surface area contributed by atoms with Crippen molar-refractivity contribution < 1.29 is 13.5 Å². The van der Waals surface area contributed by atoms with Gasteiger partial charge in [-0.2, -0.15) is 5.26 Å². The predicted octanol–water partition coefficient (Wildman–Crippen LogP) is 3.87. The fraction of sp³-hybridized carbons (Fsp3) is 0.188. The van der Waals surface area contributed by atoms with Crippen molar-refractivity contribution in [3.8, 4) is 11.8 Å². The Morgan fingerprint density at radius 2 is 1.80 bits per heavy atom. The monoisotopic (exact) mass is 273 g/mol. The fourth-order valence-electron chi connectivity index (χ4n) is 1.80. The molecule has 2 rings (SSSR count). The molecule has 0 heterocycles. The molecule has 1 unspecified atom stereocenters. The third kappa shape index (κ3) is 4.06. The number of benzene rings is 2. The van der Waals surface area contributed by atoms with Crippen LogP contribution in [-0.4, -0.2) is 6.10 Å². The molecule has 102 valence electrons. The molecule has 2 aromatic rings. The van der Waals surface area contributed by atoms with E-state index in [1.807, 2.05) is 6.07 Å². The number of nitriles is 1. The lowest BCUT2D eigenvalue weighted by atomic mass is 10.1. The van der Waals surface area contributed by atoms with Gasteiger partial charge in [-0.1, -0.05) is 18.2 Å². The van der Waals surface area contributed by atoms with Gasteiger partial charge in [0.15, 0.2) is 6.10 Å². The van der Waals surface area contributed by atoms with Crippen molar-refractivity contribution in [3.63, 3.8) is 0 Å². The van der Waals surface area contributed by atoms with Crippen molar-refractivity contribution in [1.82, 2.24) is 0 Å². The molecular formula is C16H13F2NO. The molecule has 0 bridgehead atoms. The van der Waals surface area contributed by atoms with Gasteiger partial charge in [-0.25, -0.2) is 8.78 Å². The van der Waals surface area contributed by atoms with Gasteiger partial charge in [0, 0.05) is 12.5 Å². The molecule has 0 fully saturated rings. The molecule has 0 aliphatic rings. The van der Waals surface area contributed by atoms with E-state index in [-0.39, 0.29) is 5.82 Å². The molecule has 0 spiro atoms. The summed E-state index contributed by atoms with van der Waals surface area (Å²) < 4.78 is 31.2. The number of hydrogen-bond donors (Lipinski definition) is 0. The topological polar surface area (TPSA) is 33.0 Å². The van der Waals surface area contributed by atoms with Crippen LogP contribution in [0.3, 0.4) is 0 Å². The van der Waals surface area contributed by atoms with Crippen LogP contribution in [0, 0.1) is 23.0 Å². The molecule has 0 aliphatic heterocycles. The van der Waals surface area contributed by atoms with E-state index in [4.69, 9.17) is 10.00 Å². The minimum absolute atomic E-state index is 0.290. The molecular weight excluding hydrogens is 260 g/mol. The van der Waals surface area contributed by atoms with Crippen LogP contribution in [0.25, 0.3) is 0 Å². The lowest BCUT2D eigenvalue weighted by Gasteiger charge is -2.12. The second-order valence-electron chi connectivity index (χ2n) is 4.36. The van der Waals surface area contributed by atoms with E-state index >= 15 is 0 Å². The van der Waals surface area contributed by atoms with Crippen LogP contribution in [-0.2, 0) is 6.42 Å². The first-order valence-corrected chi connectivity index (χ1v) is 6.23. The lowest BCUT2D eigenvalue weighted by Crippen LogP contribution is -2.15. The third-order valence-electron chi connectivity index (χ3n) is 2.83. The van der Waals surface area contributed by atoms with Crippen molar-refractivity contribution in [2.45, 2.75) is 18.9 Å². The van der Waals surface area contributed by atoms with E-state index in [1.165, 1.54) is 30.3 Å². The molecule has 2 aromatic carbocycles. The van der Waals surface area contributed by atoms with Gasteiger partial charge in [-0.3, -0.25) is 0 Å². The largest absolute Gasteiger partial charge is 0.475 e. The van der Waals surface area contributed by atoms with Crippen molar-refractivity contribution in [2.24, 2.45) is 0 Å². The normalized spacial score (nSPS) is 11.7. The number of hydrogen-bond acceptors (Lipinski definition) is 2. The SMILES string of the molecule is N#CC(CCc1ccc(F)cc1)Oc1cccc(F)c1. The van der Waals surface area contributed by atoms with Crippen LogP contribution in [0.1, 0.15) is 12.0 Å². The van der Waals surface area contributed by atoms with Crippen LogP contribution in [0.2, 0.25) is 0 Å². The highest BCUT2D eigenvalue weighted by Gasteiger charge is 2.10. The molecule has 0 amide bonds. The summed E-state index contributed by atoms with van der Waals surface area (Å²) in [6, 6.07) is 13.8. The molecule has 0 N–H and O–H groups in total. The average molecular weight is 273 g/mol. The summed E-state index contributed by atoms with van der Waals surface area (Å²) in [6.45, 7) is 0. The lowest BCUT2D eigenvalue weighted by molar-refractivity contribution is 0.244. The summed E-state index contributed by atoms with van der Waals surface area (Å²) in [5.41, 5.74) is 0.925. The number of halogens is 2. The highest BCUT2D eigenvalue weighted by molar-refractivity contribution is 5.23. The van der Waals surface area contributed by atoms with E-state index in [1.54, 1.807) is 18.2 Å². The number of ether oxygens (including phenoxy) is 1. The molecule has 1 atom stereocenters. The Morgan fingerprint density at radius 3 is 2.45 bits per heavy atom. The summed E-state index contributed by atoms with van der Waals surface area (Å²) in [5, 5.41) is 9.05. The fourth-order valence-corrected chi connectivity index (χ4v) is 1.80. The van der Waals surface area contributed by atoms with Crippen molar-refractivity contribution in [3.05, 3.63) is 65.7 Å². The zero-order valence-corrected chi connectivity index (χ0v) is 10.7. The van der Waals surface area contributed by atoms with Crippen LogP contribution in [0.4, 0.5) is 8.78 Å². The van der Waals surface area contributed by atoms with Crippen LogP contribution in [0.15, 0.2) is 48.5 Å². The number of aryl methyl sites for hydroxylation is 1. The smallest absolute Gasteiger partial charge is 0.184 e. The van der Waals surface area contributed by atoms with Crippen LogP contribution >= 0.6 is 0 Å². The summed E-state index contributed by atoms with van der Waals surface area (Å²) in [4.78, 5) is 0. The number of nitrogens with zero attached hydrogens (tertiary/aromatic N) is 1. The summed E-state index contributed by atoms with van der Waals surface area (Å²) in [7, 11) is 0. The minimum atomic E-state index is -0.665. The first-order valence-electron chi connectivity index (χ1n) is 6.23.